The van der Waals surface area contributed by atoms with E-state index in [9.17, 15) is 14.7 Å². The topological polar surface area (TPSA) is 103 Å². The van der Waals surface area contributed by atoms with Gasteiger partial charge < -0.3 is 25.5 Å². The summed E-state index contributed by atoms with van der Waals surface area (Å²) in [6.07, 6.45) is 3.20. The van der Waals surface area contributed by atoms with Crippen LogP contribution in [0.4, 0.5) is 5.69 Å². The standard InChI is InChI=1S/C29H31N3O4/c1-3-13-36-28-12-11-21(20-7-6-8-23(14-20)31-19(2)34)16-26(28)29(35)32-24(18-33)15-22-17-30-27-10-5-4-9-25(22)27/h4-12,14,16-17,24,30,33H,3,13,15,18H2,1-2H3,(H,31,34)(H,32,35)/t24-/m1/s1. The van der Waals surface area contributed by atoms with Gasteiger partial charge >= 0.3 is 0 Å². The summed E-state index contributed by atoms with van der Waals surface area (Å²) in [5.74, 6) is 0.0144. The average molecular weight is 486 g/mol. The van der Waals surface area contributed by atoms with E-state index in [1.54, 1.807) is 12.1 Å². The predicted molar refractivity (Wildman–Crippen MR) is 142 cm³/mol. The molecule has 1 atom stereocenters. The lowest BCUT2D eigenvalue weighted by molar-refractivity contribution is -0.114. The van der Waals surface area contributed by atoms with Gasteiger partial charge in [-0.25, -0.2) is 0 Å². The largest absolute Gasteiger partial charge is 0.493 e. The zero-order valence-electron chi connectivity index (χ0n) is 20.5. The summed E-state index contributed by atoms with van der Waals surface area (Å²) in [7, 11) is 0. The molecule has 0 saturated carbocycles. The number of hydrogen-bond acceptors (Lipinski definition) is 4. The monoisotopic (exact) mass is 485 g/mol. The number of carbonyl (C=O) groups is 2. The number of para-hydroxylation sites is 1. The maximum absolute atomic E-state index is 13.4. The second kappa shape index (κ2) is 11.6. The van der Waals surface area contributed by atoms with Crippen LogP contribution in [0.25, 0.3) is 22.0 Å². The minimum Gasteiger partial charge on any atom is -0.493 e. The van der Waals surface area contributed by atoms with Crippen LogP contribution in [0, 0.1) is 0 Å². The number of hydrogen-bond donors (Lipinski definition) is 4. The van der Waals surface area contributed by atoms with Crippen LogP contribution in [0.2, 0.25) is 0 Å². The van der Waals surface area contributed by atoms with Crippen molar-refractivity contribution in [2.24, 2.45) is 0 Å². The molecule has 0 bridgehead atoms. The summed E-state index contributed by atoms with van der Waals surface area (Å²) in [6, 6.07) is 20.4. The minimum atomic E-state index is -0.470. The van der Waals surface area contributed by atoms with E-state index in [4.69, 9.17) is 4.74 Å². The van der Waals surface area contributed by atoms with Gasteiger partial charge in [-0.2, -0.15) is 0 Å². The number of H-pyrrole nitrogens is 1. The number of fused-ring (bicyclic) bond motifs is 1. The molecule has 0 spiro atoms. The fourth-order valence-electron chi connectivity index (χ4n) is 4.19. The Hall–Kier alpha value is -4.10. The Morgan fingerprint density at radius 3 is 2.61 bits per heavy atom. The fraction of sp³-hybridized carbons (Fsp3) is 0.241. The number of aromatic nitrogens is 1. The van der Waals surface area contributed by atoms with Crippen molar-refractivity contribution in [1.82, 2.24) is 10.3 Å². The van der Waals surface area contributed by atoms with Crippen LogP contribution in [0.1, 0.15) is 36.2 Å². The highest BCUT2D eigenvalue weighted by atomic mass is 16.5. The van der Waals surface area contributed by atoms with Crippen molar-refractivity contribution in [1.29, 1.82) is 0 Å². The average Bonchev–Trinajstić information content (AvgIpc) is 3.29. The van der Waals surface area contributed by atoms with Crippen molar-refractivity contribution in [3.05, 3.63) is 84.1 Å². The molecule has 7 heteroatoms. The molecule has 4 aromatic rings. The molecule has 36 heavy (non-hydrogen) atoms. The van der Waals surface area contributed by atoms with Crippen LogP contribution in [0.15, 0.2) is 72.9 Å². The normalized spacial score (nSPS) is 11.8. The lowest BCUT2D eigenvalue weighted by atomic mass is 10.0. The summed E-state index contributed by atoms with van der Waals surface area (Å²) in [4.78, 5) is 28.1. The first-order chi connectivity index (χ1) is 17.5. The van der Waals surface area contributed by atoms with E-state index >= 15 is 0 Å². The van der Waals surface area contributed by atoms with E-state index in [0.717, 1.165) is 34.0 Å². The first-order valence-electron chi connectivity index (χ1n) is 12.1. The molecule has 0 aliphatic carbocycles. The molecule has 186 valence electrons. The molecule has 1 aromatic heterocycles. The molecule has 2 amide bonds. The minimum absolute atomic E-state index is 0.152. The van der Waals surface area contributed by atoms with Gasteiger partial charge in [-0.1, -0.05) is 43.3 Å². The van der Waals surface area contributed by atoms with Gasteiger partial charge in [-0.3, -0.25) is 9.59 Å². The Morgan fingerprint density at radius 1 is 1.03 bits per heavy atom. The van der Waals surface area contributed by atoms with E-state index in [2.05, 4.69) is 15.6 Å². The van der Waals surface area contributed by atoms with Gasteiger partial charge in [0.15, 0.2) is 0 Å². The number of amides is 2. The smallest absolute Gasteiger partial charge is 0.255 e. The summed E-state index contributed by atoms with van der Waals surface area (Å²) in [6.45, 7) is 3.75. The number of aliphatic hydroxyl groups is 1. The van der Waals surface area contributed by atoms with E-state index in [1.165, 1.54) is 6.92 Å². The molecule has 1 heterocycles. The third-order valence-electron chi connectivity index (χ3n) is 5.90. The lowest BCUT2D eigenvalue weighted by Crippen LogP contribution is -2.39. The van der Waals surface area contributed by atoms with E-state index in [-0.39, 0.29) is 18.4 Å². The zero-order chi connectivity index (χ0) is 25.5. The molecule has 0 radical (unpaired) electrons. The van der Waals surface area contributed by atoms with Gasteiger partial charge in [0.25, 0.3) is 5.91 Å². The third-order valence-corrected chi connectivity index (χ3v) is 5.90. The van der Waals surface area contributed by atoms with Crippen LogP contribution >= 0.6 is 0 Å². The Kier molecular flexibility index (Phi) is 8.02. The van der Waals surface area contributed by atoms with E-state index in [0.29, 0.717) is 30.0 Å². The fourth-order valence-corrected chi connectivity index (χ4v) is 4.19. The predicted octanol–water partition coefficient (Wildman–Crippen LogP) is 4.92. The number of anilines is 1. The van der Waals surface area contributed by atoms with Crippen LogP contribution in [0.5, 0.6) is 5.75 Å². The van der Waals surface area contributed by atoms with Gasteiger partial charge in [0.2, 0.25) is 5.91 Å². The summed E-state index contributed by atoms with van der Waals surface area (Å²) < 4.78 is 5.87. The van der Waals surface area contributed by atoms with Gasteiger partial charge in [0.1, 0.15) is 5.75 Å². The number of aromatic amines is 1. The SMILES string of the molecule is CCCOc1ccc(-c2cccc(NC(C)=O)c2)cc1C(=O)N[C@@H](CO)Cc1c[nH]c2ccccc12. The number of carbonyl (C=O) groups excluding carboxylic acids is 2. The van der Waals surface area contributed by atoms with Gasteiger partial charge in [-0.05, 0) is 59.9 Å². The van der Waals surface area contributed by atoms with Crippen LogP contribution in [-0.2, 0) is 11.2 Å². The van der Waals surface area contributed by atoms with E-state index in [1.807, 2.05) is 67.7 Å². The van der Waals surface area contributed by atoms with Crippen molar-refractivity contribution < 1.29 is 19.4 Å². The van der Waals surface area contributed by atoms with Gasteiger partial charge in [-0.15, -0.1) is 0 Å². The van der Waals surface area contributed by atoms with Gasteiger partial charge in [0.05, 0.1) is 24.8 Å². The molecule has 0 aliphatic rings. The molecular weight excluding hydrogens is 454 g/mol. The number of rotatable bonds is 10. The number of nitrogens with one attached hydrogen (secondary N) is 3. The molecule has 7 nitrogen and oxygen atoms in total. The molecule has 0 fully saturated rings. The Labute approximate surface area is 210 Å². The summed E-state index contributed by atoms with van der Waals surface area (Å²) >= 11 is 0. The second-order valence-corrected chi connectivity index (χ2v) is 8.74. The Balaban J connectivity index is 1.60. The number of aliphatic hydroxyl groups excluding tert-OH is 1. The van der Waals surface area contributed by atoms with Crippen molar-refractivity contribution in [3.63, 3.8) is 0 Å². The molecule has 3 aromatic carbocycles. The van der Waals surface area contributed by atoms with Crippen molar-refractivity contribution in [3.8, 4) is 16.9 Å². The highest BCUT2D eigenvalue weighted by molar-refractivity contribution is 5.98. The first kappa shape index (κ1) is 25.0. The molecule has 4 N–H and O–H groups in total. The first-order valence-corrected chi connectivity index (χ1v) is 12.1. The van der Waals surface area contributed by atoms with Crippen LogP contribution in [-0.4, -0.2) is 41.2 Å². The van der Waals surface area contributed by atoms with Crippen LogP contribution in [0.3, 0.4) is 0 Å². The molecule has 0 saturated heterocycles. The maximum atomic E-state index is 13.4. The molecular formula is C29H31N3O4. The maximum Gasteiger partial charge on any atom is 0.255 e. The molecule has 0 unspecified atom stereocenters. The summed E-state index contributed by atoms with van der Waals surface area (Å²) in [5, 5.41) is 16.9. The highest BCUT2D eigenvalue weighted by Gasteiger charge is 2.20. The number of ether oxygens (including phenoxy) is 1. The van der Waals surface area contributed by atoms with Crippen LogP contribution < -0.4 is 15.4 Å². The lowest BCUT2D eigenvalue weighted by Gasteiger charge is -2.18. The Morgan fingerprint density at radius 2 is 1.83 bits per heavy atom. The third kappa shape index (κ3) is 5.93. The number of benzene rings is 3. The zero-order valence-corrected chi connectivity index (χ0v) is 20.5. The molecule has 4 rings (SSSR count). The Bertz CT molecular complexity index is 1360. The highest BCUT2D eigenvalue weighted by Crippen LogP contribution is 2.29. The van der Waals surface area contributed by atoms with Gasteiger partial charge in [0, 0.05) is 29.7 Å². The quantitative estimate of drug-likeness (QED) is 0.256. The van der Waals surface area contributed by atoms with Crippen molar-refractivity contribution >= 4 is 28.4 Å². The molecule has 0 aliphatic heterocycles. The van der Waals surface area contributed by atoms with Crippen molar-refractivity contribution in [2.75, 3.05) is 18.5 Å². The van der Waals surface area contributed by atoms with Crippen molar-refractivity contribution in [2.45, 2.75) is 32.7 Å². The van der Waals surface area contributed by atoms with E-state index < -0.39 is 6.04 Å². The second-order valence-electron chi connectivity index (χ2n) is 8.74. The summed E-state index contributed by atoms with van der Waals surface area (Å²) in [5.41, 5.74) is 4.78.